The van der Waals surface area contributed by atoms with Crippen LogP contribution in [0.1, 0.15) is 52.0 Å². The average Bonchev–Trinajstić information content (AvgIpc) is 3.10. The highest BCUT2D eigenvalue weighted by molar-refractivity contribution is 5.76. The number of hydrogen-bond acceptors (Lipinski definition) is 4. The number of benzene rings is 1. The molecule has 1 aliphatic rings. The van der Waals surface area contributed by atoms with Crippen molar-refractivity contribution >= 4 is 5.91 Å². The quantitative estimate of drug-likeness (QED) is 0.634. The van der Waals surface area contributed by atoms with Gasteiger partial charge in [0.1, 0.15) is 11.9 Å². The minimum absolute atomic E-state index is 0.109. The van der Waals surface area contributed by atoms with Gasteiger partial charge in [-0.1, -0.05) is 18.2 Å². The third-order valence-electron chi connectivity index (χ3n) is 6.00. The summed E-state index contributed by atoms with van der Waals surface area (Å²) in [7, 11) is 0. The van der Waals surface area contributed by atoms with Gasteiger partial charge in [-0.15, -0.1) is 0 Å². The molecule has 1 amide bonds. The molecule has 0 bridgehead atoms. The Morgan fingerprint density at radius 3 is 2.81 bits per heavy atom. The minimum atomic E-state index is -0.288. The van der Waals surface area contributed by atoms with Crippen molar-refractivity contribution in [3.05, 3.63) is 81.7 Å². The summed E-state index contributed by atoms with van der Waals surface area (Å²) in [6.45, 7) is 7.38. The van der Waals surface area contributed by atoms with Gasteiger partial charge >= 0.3 is 0 Å². The summed E-state index contributed by atoms with van der Waals surface area (Å²) in [6.07, 6.45) is 1.31. The first-order valence-electron chi connectivity index (χ1n) is 11.0. The van der Waals surface area contributed by atoms with Crippen molar-refractivity contribution < 1.29 is 13.9 Å². The Bertz CT molecular complexity index is 1090. The Morgan fingerprint density at radius 2 is 2.06 bits per heavy atom. The Kier molecular flexibility index (Phi) is 6.65. The lowest BCUT2D eigenvalue weighted by molar-refractivity contribution is -0.139. The molecule has 0 radical (unpaired) electrons. The highest BCUT2D eigenvalue weighted by atomic mass is 19.1. The third kappa shape index (κ3) is 5.05. The van der Waals surface area contributed by atoms with E-state index in [1.165, 1.54) is 6.07 Å². The summed E-state index contributed by atoms with van der Waals surface area (Å²) < 4.78 is 20.1. The van der Waals surface area contributed by atoms with E-state index in [0.717, 1.165) is 33.9 Å². The first-order valence-corrected chi connectivity index (χ1v) is 11.0. The lowest BCUT2D eigenvalue weighted by Gasteiger charge is -2.33. The van der Waals surface area contributed by atoms with Crippen molar-refractivity contribution in [1.82, 2.24) is 20.1 Å². The Balaban J connectivity index is 1.44. The molecule has 7 heteroatoms. The smallest absolute Gasteiger partial charge is 0.223 e. The van der Waals surface area contributed by atoms with Crippen molar-refractivity contribution in [1.29, 1.82) is 0 Å². The van der Waals surface area contributed by atoms with E-state index in [-0.39, 0.29) is 17.8 Å². The lowest BCUT2D eigenvalue weighted by Crippen LogP contribution is -2.42. The predicted octanol–water partition coefficient (Wildman–Crippen LogP) is 3.99. The van der Waals surface area contributed by atoms with E-state index in [0.29, 0.717) is 44.5 Å². The molecular formula is C25H29FN4O2. The molecule has 168 valence electrons. The van der Waals surface area contributed by atoms with E-state index in [2.05, 4.69) is 15.2 Å². The van der Waals surface area contributed by atoms with Gasteiger partial charge in [0.2, 0.25) is 5.91 Å². The molecule has 1 fully saturated rings. The van der Waals surface area contributed by atoms with Crippen LogP contribution in [0.15, 0.2) is 36.4 Å². The summed E-state index contributed by atoms with van der Waals surface area (Å²) in [4.78, 5) is 19.4. The predicted molar refractivity (Wildman–Crippen MR) is 120 cm³/mol. The molecule has 4 rings (SSSR count). The van der Waals surface area contributed by atoms with Gasteiger partial charge in [0, 0.05) is 30.8 Å². The number of aromatic nitrogens is 3. The van der Waals surface area contributed by atoms with Crippen LogP contribution in [-0.2, 0) is 22.4 Å². The molecule has 3 aromatic rings. The van der Waals surface area contributed by atoms with Crippen molar-refractivity contribution in [2.24, 2.45) is 0 Å². The van der Waals surface area contributed by atoms with Crippen LogP contribution in [0, 0.1) is 26.6 Å². The normalized spacial score (nSPS) is 16.4. The molecule has 1 atom stereocenters. The largest absolute Gasteiger partial charge is 0.368 e. The number of amides is 1. The molecule has 1 aliphatic heterocycles. The Hall–Kier alpha value is -3.06. The van der Waals surface area contributed by atoms with Crippen molar-refractivity contribution in [3.63, 3.8) is 0 Å². The van der Waals surface area contributed by atoms with Gasteiger partial charge in [-0.25, -0.2) is 4.39 Å². The van der Waals surface area contributed by atoms with E-state index in [1.807, 2.05) is 43.9 Å². The molecule has 1 saturated heterocycles. The summed E-state index contributed by atoms with van der Waals surface area (Å²) in [6, 6.07) is 10.7. The zero-order valence-corrected chi connectivity index (χ0v) is 18.8. The first-order chi connectivity index (χ1) is 15.4. The number of carbonyl (C=O) groups is 1. The maximum absolute atomic E-state index is 14.1. The van der Waals surface area contributed by atoms with Gasteiger partial charge < -0.3 is 9.64 Å². The molecule has 1 N–H and O–H groups in total. The molecule has 0 aliphatic carbocycles. The topological polar surface area (TPSA) is 71.1 Å². The fourth-order valence-corrected chi connectivity index (χ4v) is 4.28. The van der Waals surface area contributed by atoms with E-state index in [4.69, 9.17) is 4.74 Å². The maximum Gasteiger partial charge on any atom is 0.223 e. The number of carbonyl (C=O) groups excluding carboxylic acids is 1. The number of nitrogens with one attached hydrogen (secondary N) is 1. The molecule has 0 unspecified atom stereocenters. The lowest BCUT2D eigenvalue weighted by atomic mass is 10.0. The van der Waals surface area contributed by atoms with Gasteiger partial charge in [-0.05, 0) is 62.1 Å². The average molecular weight is 437 g/mol. The maximum atomic E-state index is 14.1. The van der Waals surface area contributed by atoms with E-state index in [1.54, 1.807) is 12.1 Å². The number of hydrogen-bond donors (Lipinski definition) is 1. The van der Waals surface area contributed by atoms with Crippen LogP contribution >= 0.6 is 0 Å². The Morgan fingerprint density at radius 1 is 1.25 bits per heavy atom. The molecule has 6 nitrogen and oxygen atoms in total. The summed E-state index contributed by atoms with van der Waals surface area (Å²) in [5.41, 5.74) is 6.34. The second kappa shape index (κ2) is 9.61. The van der Waals surface area contributed by atoms with Crippen LogP contribution in [0.2, 0.25) is 0 Å². The second-order valence-corrected chi connectivity index (χ2v) is 8.42. The highest BCUT2D eigenvalue weighted by Gasteiger charge is 2.27. The number of pyridine rings is 1. The number of halogens is 1. The van der Waals surface area contributed by atoms with Gasteiger partial charge in [0.15, 0.2) is 0 Å². The minimum Gasteiger partial charge on any atom is -0.368 e. The van der Waals surface area contributed by atoms with Crippen molar-refractivity contribution in [2.75, 3.05) is 19.7 Å². The van der Waals surface area contributed by atoms with Gasteiger partial charge in [0.05, 0.1) is 24.5 Å². The SMILES string of the molecule is Cc1cc(Cc2ccccc2F)cc([C@H]2CN(C(=O)CCc3c(C)n[nH]c3C)CCO2)n1. The zero-order chi connectivity index (χ0) is 22.7. The first kappa shape index (κ1) is 22.1. The van der Waals surface area contributed by atoms with Gasteiger partial charge in [-0.2, -0.15) is 5.10 Å². The van der Waals surface area contributed by atoms with Gasteiger partial charge in [-0.3, -0.25) is 14.9 Å². The van der Waals surface area contributed by atoms with Crippen LogP contribution in [0.3, 0.4) is 0 Å². The number of rotatable bonds is 6. The van der Waals surface area contributed by atoms with E-state index < -0.39 is 0 Å². The molecular weight excluding hydrogens is 407 g/mol. The molecule has 3 heterocycles. The highest BCUT2D eigenvalue weighted by Crippen LogP contribution is 2.24. The second-order valence-electron chi connectivity index (χ2n) is 8.42. The zero-order valence-electron chi connectivity index (χ0n) is 18.8. The standard InChI is InChI=1S/C25H29FN4O2/c1-16-12-19(13-20-6-4-5-7-22(20)26)14-23(27-16)24-15-30(10-11-32-24)25(31)9-8-21-17(2)28-29-18(21)3/h4-7,12,14,24H,8-11,13,15H2,1-3H3,(H,28,29)/t24-/m1/s1. The molecule has 2 aromatic heterocycles. The monoisotopic (exact) mass is 436 g/mol. The third-order valence-corrected chi connectivity index (χ3v) is 6.00. The van der Waals surface area contributed by atoms with Crippen LogP contribution < -0.4 is 0 Å². The van der Waals surface area contributed by atoms with E-state index in [9.17, 15) is 9.18 Å². The molecule has 32 heavy (non-hydrogen) atoms. The number of H-pyrrole nitrogens is 1. The summed E-state index contributed by atoms with van der Waals surface area (Å²) >= 11 is 0. The van der Waals surface area contributed by atoms with Gasteiger partial charge in [0.25, 0.3) is 0 Å². The van der Waals surface area contributed by atoms with Crippen LogP contribution in [-0.4, -0.2) is 45.7 Å². The molecule has 0 saturated carbocycles. The van der Waals surface area contributed by atoms with E-state index >= 15 is 0 Å². The Labute approximate surface area is 187 Å². The number of ether oxygens (including phenoxy) is 1. The van der Waals surface area contributed by atoms with Crippen LogP contribution in [0.4, 0.5) is 4.39 Å². The summed E-state index contributed by atoms with van der Waals surface area (Å²) in [5.74, 6) is -0.102. The number of nitrogens with zero attached hydrogens (tertiary/aromatic N) is 3. The number of aryl methyl sites for hydroxylation is 3. The number of aromatic amines is 1. The number of morpholine rings is 1. The summed E-state index contributed by atoms with van der Waals surface area (Å²) in [5, 5.41) is 7.18. The van der Waals surface area contributed by atoms with Crippen molar-refractivity contribution in [3.8, 4) is 0 Å². The molecule has 0 spiro atoms. The van der Waals surface area contributed by atoms with Crippen LogP contribution in [0.5, 0.6) is 0 Å². The fourth-order valence-electron chi connectivity index (χ4n) is 4.28. The molecule has 1 aromatic carbocycles. The van der Waals surface area contributed by atoms with Crippen molar-refractivity contribution in [2.45, 2.75) is 46.1 Å². The van der Waals surface area contributed by atoms with Crippen LogP contribution in [0.25, 0.3) is 0 Å². The fraction of sp³-hybridized carbons (Fsp3) is 0.400.